The van der Waals surface area contributed by atoms with Gasteiger partial charge in [0, 0.05) is 35.2 Å². The SMILES string of the molecule is C#CCN1C(=O)COc2cc(F)c(N3C(=O)C4=C(CCCC4)C3=O)cc21.COc1nc(C)nc(NC(=O)NS(=O)(=O)c2ccccc2CCC(F)(F)F)n1.O=C(O)COc1ccc(Cl)c2cccnc12. The first kappa shape index (κ1) is 51.5. The molecule has 4 heterocycles. The van der Waals surface area contributed by atoms with Crippen LogP contribution < -0.4 is 34.0 Å². The van der Waals surface area contributed by atoms with Crippen LogP contribution in [0.1, 0.15) is 43.5 Å². The predicted molar refractivity (Wildman–Crippen MR) is 242 cm³/mol. The fourth-order valence-electron chi connectivity index (χ4n) is 7.13. The number of ether oxygens (including phenoxy) is 3. The molecule has 25 heteroatoms. The lowest BCUT2D eigenvalue weighted by atomic mass is 9.93. The lowest BCUT2D eigenvalue weighted by Crippen LogP contribution is -2.39. The number of sulfonamides is 1. The molecule has 5 amide bonds. The Morgan fingerprint density at radius 1 is 0.986 bits per heavy atom. The summed E-state index contributed by atoms with van der Waals surface area (Å²) in [6.07, 6.45) is 3.42. The summed E-state index contributed by atoms with van der Waals surface area (Å²) in [5.74, 6) is -0.255. The van der Waals surface area contributed by atoms with Crippen molar-refractivity contribution in [3.63, 3.8) is 0 Å². The first-order valence-corrected chi connectivity index (χ1v) is 22.5. The van der Waals surface area contributed by atoms with E-state index in [1.165, 1.54) is 43.2 Å². The monoisotopic (exact) mass is 1010 g/mol. The minimum atomic E-state index is -4.45. The van der Waals surface area contributed by atoms with Gasteiger partial charge in [-0.1, -0.05) is 35.7 Å². The average molecular weight is 1010 g/mol. The standard InChI is InChI=1S/C19H15FN2O4.C15H16F3N5O4S.C11H8ClNO3/c1-2-7-21-15-9-14(13(20)8-16(15)26-10-17(21)23)22-18(24)11-5-3-4-6-12(11)19(22)25;1-9-19-12(22-14(20-9)27-2)21-13(24)23-28(25,26)11-6-4-3-5-10(11)7-8-15(16,17)18;12-8-3-4-9(16-6-10(14)15)11-7(8)2-1-5-13-11/h1,8-9H,3-7,10H2;3-6H,7-8H2,1-2H3,(H2,19,20,21,22,23,24);1-5H,6H2,(H,14,15). The summed E-state index contributed by atoms with van der Waals surface area (Å²) in [5.41, 5.74) is 1.49. The number of pyridine rings is 1. The van der Waals surface area contributed by atoms with Crippen molar-refractivity contribution in [3.05, 3.63) is 100 Å². The zero-order valence-electron chi connectivity index (χ0n) is 36.8. The van der Waals surface area contributed by atoms with Gasteiger partial charge in [0.15, 0.2) is 19.0 Å². The molecule has 19 nitrogen and oxygen atoms in total. The van der Waals surface area contributed by atoms with Crippen LogP contribution in [0.25, 0.3) is 10.9 Å². The smallest absolute Gasteiger partial charge is 0.389 e. The van der Waals surface area contributed by atoms with Crippen molar-refractivity contribution in [1.29, 1.82) is 0 Å². The average Bonchev–Trinajstić information content (AvgIpc) is 3.57. The zero-order chi connectivity index (χ0) is 50.9. The quantitative estimate of drug-likeness (QED) is 0.0728. The van der Waals surface area contributed by atoms with Gasteiger partial charge in [0.25, 0.3) is 27.7 Å². The number of hydrogen-bond acceptors (Lipinski definition) is 14. The topological polar surface area (TPSA) is 250 Å². The second-order valence-electron chi connectivity index (χ2n) is 15.0. The molecule has 5 aromatic rings. The van der Waals surface area contributed by atoms with Gasteiger partial charge in [-0.05, 0) is 81.0 Å². The summed E-state index contributed by atoms with van der Waals surface area (Å²) in [4.78, 5) is 77.0. The Morgan fingerprint density at radius 2 is 1.69 bits per heavy atom. The molecule has 366 valence electrons. The summed E-state index contributed by atoms with van der Waals surface area (Å²) in [6, 6.07) is 13.0. The number of alkyl halides is 3. The van der Waals surface area contributed by atoms with Crippen molar-refractivity contribution in [1.82, 2.24) is 24.7 Å². The maximum atomic E-state index is 14.7. The molecule has 3 aromatic carbocycles. The Hall–Kier alpha value is -7.91. The summed E-state index contributed by atoms with van der Waals surface area (Å²) >= 11 is 5.98. The Labute approximate surface area is 400 Å². The predicted octanol–water partition coefficient (Wildman–Crippen LogP) is 6.47. The van der Waals surface area contributed by atoms with Crippen molar-refractivity contribution in [3.8, 4) is 29.9 Å². The summed E-state index contributed by atoms with van der Waals surface area (Å²) in [5, 5.41) is 11.9. The highest BCUT2D eigenvalue weighted by Gasteiger charge is 2.42. The number of carbonyl (C=O) groups excluding carboxylic acids is 4. The van der Waals surface area contributed by atoms with E-state index in [1.807, 2.05) is 0 Å². The highest BCUT2D eigenvalue weighted by atomic mass is 35.5. The number of amides is 5. The number of carboxylic acids is 1. The number of hydrogen-bond donors (Lipinski definition) is 3. The van der Waals surface area contributed by atoms with Gasteiger partial charge in [-0.15, -0.1) is 6.42 Å². The third kappa shape index (κ3) is 12.4. The van der Waals surface area contributed by atoms with Crippen molar-refractivity contribution in [2.24, 2.45) is 0 Å². The second kappa shape index (κ2) is 22.0. The molecule has 1 aliphatic carbocycles. The van der Waals surface area contributed by atoms with Crippen LogP contribution in [-0.4, -0.2) is 96.2 Å². The number of benzene rings is 3. The molecule has 2 aromatic heterocycles. The van der Waals surface area contributed by atoms with Crippen LogP contribution in [0.4, 0.5) is 39.7 Å². The first-order valence-electron chi connectivity index (χ1n) is 20.6. The number of carbonyl (C=O) groups is 5. The molecule has 0 bridgehead atoms. The molecular weight excluding hydrogens is 972 g/mol. The number of carboxylic acid groups (broad SMARTS) is 1. The van der Waals surface area contributed by atoms with Gasteiger partial charge >= 0.3 is 24.2 Å². The third-order valence-electron chi connectivity index (χ3n) is 10.2. The van der Waals surface area contributed by atoms with E-state index in [1.54, 1.807) is 35.2 Å². The highest BCUT2D eigenvalue weighted by molar-refractivity contribution is 7.90. The van der Waals surface area contributed by atoms with Crippen LogP contribution >= 0.6 is 11.6 Å². The minimum absolute atomic E-state index is 0.0170. The number of methoxy groups -OCH3 is 1. The number of nitrogens with zero attached hydrogens (tertiary/aromatic N) is 6. The van der Waals surface area contributed by atoms with E-state index in [0.717, 1.165) is 35.3 Å². The maximum Gasteiger partial charge on any atom is 0.389 e. The van der Waals surface area contributed by atoms with E-state index in [4.69, 9.17) is 37.3 Å². The lowest BCUT2D eigenvalue weighted by Gasteiger charge is -2.29. The Kier molecular flexibility index (Phi) is 16.2. The van der Waals surface area contributed by atoms with Crippen molar-refractivity contribution < 1.29 is 69.3 Å². The Balaban J connectivity index is 0.000000178. The number of rotatable bonds is 11. The number of urea groups is 1. The van der Waals surface area contributed by atoms with E-state index in [9.17, 15) is 50.0 Å². The first-order chi connectivity index (χ1) is 33.2. The fourth-order valence-corrected chi connectivity index (χ4v) is 8.52. The van der Waals surface area contributed by atoms with Crippen LogP contribution in [0.5, 0.6) is 17.5 Å². The zero-order valence-corrected chi connectivity index (χ0v) is 38.4. The molecular formula is C45H39ClF4N8O11S. The van der Waals surface area contributed by atoms with E-state index < -0.39 is 70.2 Å². The number of aliphatic carboxylic acids is 1. The molecule has 0 spiro atoms. The number of nitrogens with one attached hydrogen (secondary N) is 2. The summed E-state index contributed by atoms with van der Waals surface area (Å²) in [7, 11) is -3.14. The van der Waals surface area contributed by atoms with Gasteiger partial charge in [0.1, 0.15) is 22.8 Å². The number of terminal acetylenes is 1. The highest BCUT2D eigenvalue weighted by Crippen LogP contribution is 2.42. The van der Waals surface area contributed by atoms with E-state index in [0.29, 0.717) is 40.3 Å². The lowest BCUT2D eigenvalue weighted by molar-refractivity contribution is -0.139. The normalized spacial score (nSPS) is 14.2. The number of aryl methyl sites for hydroxylation is 2. The van der Waals surface area contributed by atoms with Crippen molar-refractivity contribution in [2.75, 3.05) is 42.0 Å². The molecule has 3 N–H and O–H groups in total. The van der Waals surface area contributed by atoms with Gasteiger partial charge in [0.05, 0.1) is 34.9 Å². The van der Waals surface area contributed by atoms with Crippen LogP contribution in [0, 0.1) is 25.1 Å². The van der Waals surface area contributed by atoms with Gasteiger partial charge in [-0.25, -0.2) is 32.0 Å². The maximum absolute atomic E-state index is 14.7. The van der Waals surface area contributed by atoms with Crippen LogP contribution in [-0.2, 0) is 35.6 Å². The van der Waals surface area contributed by atoms with Gasteiger partial charge < -0.3 is 19.3 Å². The molecule has 2 aliphatic heterocycles. The molecule has 0 radical (unpaired) electrons. The molecule has 0 atom stereocenters. The fraction of sp³-hybridized carbons (Fsp3) is 0.267. The molecule has 8 rings (SSSR count). The summed E-state index contributed by atoms with van der Waals surface area (Å²) < 4.78 is 93.8. The van der Waals surface area contributed by atoms with E-state index >= 15 is 0 Å². The van der Waals surface area contributed by atoms with Gasteiger partial charge in [0.2, 0.25) is 5.95 Å². The Bertz CT molecular complexity index is 3050. The number of fused-ring (bicyclic) bond motifs is 2. The second-order valence-corrected chi connectivity index (χ2v) is 17.0. The molecule has 3 aliphatic rings. The van der Waals surface area contributed by atoms with E-state index in [-0.39, 0.29) is 59.5 Å². The molecule has 70 heavy (non-hydrogen) atoms. The molecule has 0 unspecified atom stereocenters. The largest absolute Gasteiger partial charge is 0.481 e. The third-order valence-corrected chi connectivity index (χ3v) is 11.9. The van der Waals surface area contributed by atoms with Crippen LogP contribution in [0.2, 0.25) is 5.02 Å². The van der Waals surface area contributed by atoms with Gasteiger partial charge in [-0.2, -0.15) is 28.1 Å². The van der Waals surface area contributed by atoms with E-state index in [2.05, 4.69) is 31.2 Å². The van der Waals surface area contributed by atoms with Crippen LogP contribution in [0.15, 0.2) is 82.9 Å². The molecule has 0 saturated carbocycles. The number of imide groups is 1. The number of anilines is 3. The number of halogens is 5. The molecule has 0 saturated heterocycles. The van der Waals surface area contributed by atoms with Crippen LogP contribution in [0.3, 0.4) is 0 Å². The van der Waals surface area contributed by atoms with Crippen molar-refractivity contribution >= 4 is 79.6 Å². The summed E-state index contributed by atoms with van der Waals surface area (Å²) in [6.45, 7) is 0.843. The minimum Gasteiger partial charge on any atom is -0.481 e. The van der Waals surface area contributed by atoms with Crippen molar-refractivity contribution in [2.45, 2.75) is 56.5 Å². The van der Waals surface area contributed by atoms with Gasteiger partial charge in [-0.3, -0.25) is 29.6 Å². The number of aromatic nitrogens is 4. The Morgan fingerprint density at radius 3 is 2.34 bits per heavy atom. The molecule has 0 fully saturated rings.